The Morgan fingerprint density at radius 3 is 2.71 bits per heavy atom. The summed E-state index contributed by atoms with van der Waals surface area (Å²) in [5.41, 5.74) is 0.576. The first-order chi connectivity index (χ1) is 11.6. The molecule has 1 saturated carbocycles. The molecule has 1 aliphatic carbocycles. The van der Waals surface area contributed by atoms with E-state index in [4.69, 9.17) is 0 Å². The Bertz CT molecular complexity index is 807. The second-order valence-electron chi connectivity index (χ2n) is 6.67. The van der Waals surface area contributed by atoms with Crippen molar-refractivity contribution in [3.8, 4) is 5.69 Å². The average molecular weight is 391 g/mol. The lowest BCUT2D eigenvalue weighted by Crippen LogP contribution is -2.30. The van der Waals surface area contributed by atoms with Crippen LogP contribution in [-0.4, -0.2) is 38.7 Å². The number of nitrogens with one attached hydrogen (secondary N) is 1. The number of halogens is 1. The van der Waals surface area contributed by atoms with Crippen LogP contribution < -0.4 is 5.69 Å². The molecular weight excluding hydrogens is 372 g/mol. The van der Waals surface area contributed by atoms with Crippen LogP contribution in [0.15, 0.2) is 33.5 Å². The fourth-order valence-corrected chi connectivity index (χ4v) is 3.63. The summed E-state index contributed by atoms with van der Waals surface area (Å²) in [6.45, 7) is 1.60. The number of nitrogens with zero attached hydrogens (tertiary/aromatic N) is 3. The van der Waals surface area contributed by atoms with Gasteiger partial charge in [0.1, 0.15) is 5.82 Å². The molecule has 2 aliphatic rings. The lowest BCUT2D eigenvalue weighted by molar-refractivity contribution is -0.131. The van der Waals surface area contributed by atoms with Crippen LogP contribution in [0.1, 0.15) is 25.1 Å². The Morgan fingerprint density at radius 2 is 2.00 bits per heavy atom. The van der Waals surface area contributed by atoms with E-state index in [0.29, 0.717) is 18.2 Å². The molecule has 0 spiro atoms. The van der Waals surface area contributed by atoms with Gasteiger partial charge in [-0.3, -0.25) is 4.79 Å². The highest BCUT2D eigenvalue weighted by atomic mass is 79.9. The Labute approximate surface area is 148 Å². The third kappa shape index (κ3) is 3.05. The predicted molar refractivity (Wildman–Crippen MR) is 93.0 cm³/mol. The van der Waals surface area contributed by atoms with Gasteiger partial charge in [-0.05, 0) is 49.4 Å². The van der Waals surface area contributed by atoms with Crippen LogP contribution in [-0.2, 0) is 11.2 Å². The summed E-state index contributed by atoms with van der Waals surface area (Å²) in [6.07, 6.45) is 3.76. The maximum absolute atomic E-state index is 12.2. The van der Waals surface area contributed by atoms with Gasteiger partial charge < -0.3 is 4.90 Å². The maximum Gasteiger partial charge on any atom is 0.347 e. The zero-order valence-electron chi connectivity index (χ0n) is 13.2. The van der Waals surface area contributed by atoms with Crippen LogP contribution in [0.3, 0.4) is 0 Å². The highest BCUT2D eigenvalue weighted by molar-refractivity contribution is 9.10. The molecule has 1 atom stereocenters. The Kier molecular flexibility index (Phi) is 4.04. The summed E-state index contributed by atoms with van der Waals surface area (Å²) in [5, 5.41) is 6.76. The van der Waals surface area contributed by atoms with Crippen molar-refractivity contribution in [3.05, 3.63) is 45.0 Å². The number of carbonyl (C=O) groups is 1. The molecule has 7 heteroatoms. The third-order valence-electron chi connectivity index (χ3n) is 4.82. The maximum atomic E-state index is 12.2. The molecule has 126 valence electrons. The van der Waals surface area contributed by atoms with E-state index >= 15 is 0 Å². The topological polar surface area (TPSA) is 71.0 Å². The second kappa shape index (κ2) is 6.20. The first kappa shape index (κ1) is 15.6. The first-order valence-corrected chi connectivity index (χ1v) is 9.12. The average Bonchev–Trinajstić information content (AvgIpc) is 3.23. The van der Waals surface area contributed by atoms with Crippen LogP contribution in [0.25, 0.3) is 5.69 Å². The van der Waals surface area contributed by atoms with Crippen molar-refractivity contribution in [3.63, 3.8) is 0 Å². The molecule has 0 unspecified atom stereocenters. The monoisotopic (exact) mass is 390 g/mol. The van der Waals surface area contributed by atoms with Gasteiger partial charge >= 0.3 is 5.69 Å². The highest BCUT2D eigenvalue weighted by Crippen LogP contribution is 2.33. The molecule has 0 bridgehead atoms. The summed E-state index contributed by atoms with van der Waals surface area (Å²) in [5.74, 6) is 1.67. The van der Waals surface area contributed by atoms with E-state index < -0.39 is 0 Å². The number of benzene rings is 1. The normalized spacial score (nSPS) is 20.5. The molecule has 2 fully saturated rings. The van der Waals surface area contributed by atoms with Gasteiger partial charge in [0.25, 0.3) is 0 Å². The van der Waals surface area contributed by atoms with E-state index in [1.54, 1.807) is 4.57 Å². The van der Waals surface area contributed by atoms with E-state index in [2.05, 4.69) is 26.1 Å². The highest BCUT2D eigenvalue weighted by Gasteiger charge is 2.36. The van der Waals surface area contributed by atoms with Crippen LogP contribution in [0.5, 0.6) is 0 Å². The van der Waals surface area contributed by atoms with Crippen LogP contribution in [0, 0.1) is 11.8 Å². The minimum Gasteiger partial charge on any atom is -0.342 e. The van der Waals surface area contributed by atoms with E-state index in [-0.39, 0.29) is 11.6 Å². The molecule has 1 saturated heterocycles. The van der Waals surface area contributed by atoms with Crippen molar-refractivity contribution in [1.82, 2.24) is 19.7 Å². The Morgan fingerprint density at radius 1 is 1.25 bits per heavy atom. The van der Waals surface area contributed by atoms with Gasteiger partial charge in [-0.2, -0.15) is 5.10 Å². The number of hydrogen-bond acceptors (Lipinski definition) is 3. The number of likely N-dealkylation sites (tertiary alicyclic amines) is 1. The first-order valence-electron chi connectivity index (χ1n) is 8.33. The van der Waals surface area contributed by atoms with Crippen molar-refractivity contribution >= 4 is 21.8 Å². The van der Waals surface area contributed by atoms with E-state index in [1.165, 1.54) is 0 Å². The van der Waals surface area contributed by atoms with Crippen LogP contribution in [0.4, 0.5) is 0 Å². The number of hydrogen-bond donors (Lipinski definition) is 1. The number of carbonyl (C=O) groups excluding carboxylic acids is 1. The van der Waals surface area contributed by atoms with Gasteiger partial charge in [-0.15, -0.1) is 0 Å². The lowest BCUT2D eigenvalue weighted by atomic mass is 10.0. The van der Waals surface area contributed by atoms with Crippen molar-refractivity contribution in [2.24, 2.45) is 11.8 Å². The Hall–Kier alpha value is -1.89. The van der Waals surface area contributed by atoms with Crippen molar-refractivity contribution < 1.29 is 4.79 Å². The molecule has 1 aromatic heterocycles. The standard InChI is InChI=1S/C17H19BrN4O2/c18-13-3-5-14(6-4-13)22-15(19-20-17(22)24)9-11-7-8-21(10-11)16(23)12-1-2-12/h3-6,11-12H,1-2,7-10H2,(H,20,24)/t11-/m1/s1. The molecule has 1 amide bonds. The molecule has 2 aromatic rings. The second-order valence-corrected chi connectivity index (χ2v) is 7.59. The molecule has 1 aromatic carbocycles. The largest absolute Gasteiger partial charge is 0.347 e. The zero-order chi connectivity index (χ0) is 16.7. The fourth-order valence-electron chi connectivity index (χ4n) is 3.37. The smallest absolute Gasteiger partial charge is 0.342 e. The molecular formula is C17H19BrN4O2. The molecule has 6 nitrogen and oxygen atoms in total. The van der Waals surface area contributed by atoms with Gasteiger partial charge in [-0.1, -0.05) is 15.9 Å². The summed E-state index contributed by atoms with van der Waals surface area (Å²) in [4.78, 5) is 26.3. The molecule has 1 aliphatic heterocycles. The SMILES string of the molecule is O=C(C1CC1)N1CC[C@H](Cc2n[nH]c(=O)n2-c2ccc(Br)cc2)C1. The van der Waals surface area contributed by atoms with Gasteiger partial charge in [0.05, 0.1) is 5.69 Å². The molecule has 0 radical (unpaired) electrons. The minimum absolute atomic E-state index is 0.226. The van der Waals surface area contributed by atoms with Crippen molar-refractivity contribution in [2.45, 2.75) is 25.7 Å². The van der Waals surface area contributed by atoms with Crippen molar-refractivity contribution in [2.75, 3.05) is 13.1 Å². The van der Waals surface area contributed by atoms with E-state index in [1.807, 2.05) is 29.2 Å². The van der Waals surface area contributed by atoms with Gasteiger partial charge in [0.2, 0.25) is 5.91 Å². The molecule has 2 heterocycles. The quantitative estimate of drug-likeness (QED) is 0.868. The van der Waals surface area contributed by atoms with Gasteiger partial charge in [0, 0.05) is 29.9 Å². The lowest BCUT2D eigenvalue weighted by Gasteiger charge is -2.16. The van der Waals surface area contributed by atoms with E-state index in [9.17, 15) is 9.59 Å². The molecule has 24 heavy (non-hydrogen) atoms. The number of aromatic nitrogens is 3. The van der Waals surface area contributed by atoms with Crippen LogP contribution in [0.2, 0.25) is 0 Å². The molecule has 4 rings (SSSR count). The zero-order valence-corrected chi connectivity index (χ0v) is 14.8. The summed E-state index contributed by atoms with van der Waals surface area (Å²) in [6, 6.07) is 7.60. The van der Waals surface area contributed by atoms with Crippen LogP contribution >= 0.6 is 15.9 Å². The molecule has 1 N–H and O–H groups in total. The third-order valence-corrected chi connectivity index (χ3v) is 5.35. The summed E-state index contributed by atoms with van der Waals surface area (Å²) in [7, 11) is 0. The van der Waals surface area contributed by atoms with Gasteiger partial charge in [0.15, 0.2) is 0 Å². The number of H-pyrrole nitrogens is 1. The summed E-state index contributed by atoms with van der Waals surface area (Å²) < 4.78 is 2.59. The number of aromatic amines is 1. The number of rotatable bonds is 4. The fraction of sp³-hybridized carbons (Fsp3) is 0.471. The van der Waals surface area contributed by atoms with E-state index in [0.717, 1.165) is 48.3 Å². The Balaban J connectivity index is 1.50. The van der Waals surface area contributed by atoms with Gasteiger partial charge in [-0.25, -0.2) is 14.5 Å². The minimum atomic E-state index is -0.226. The predicted octanol–water partition coefficient (Wildman–Crippen LogP) is 2.12. The summed E-state index contributed by atoms with van der Waals surface area (Å²) >= 11 is 3.41. The number of amides is 1. The van der Waals surface area contributed by atoms with Crippen molar-refractivity contribution in [1.29, 1.82) is 0 Å².